The summed E-state index contributed by atoms with van der Waals surface area (Å²) in [6.45, 7) is 2.19. The largest absolute Gasteiger partial charge is 0.440 e. The molecule has 0 saturated carbocycles. The number of nitrogens with zero attached hydrogens (tertiary/aromatic N) is 1. The highest BCUT2D eigenvalue weighted by atomic mass is 32.2. The number of benzene rings is 1. The van der Waals surface area contributed by atoms with E-state index >= 15 is 0 Å². The number of carbonyl (C=O) groups is 1. The molecule has 11 heteroatoms. The van der Waals surface area contributed by atoms with Crippen LogP contribution in [-0.2, 0) is 14.3 Å². The molecule has 1 aliphatic heterocycles. The van der Waals surface area contributed by atoms with E-state index in [1.165, 1.54) is 12.1 Å². The normalized spacial score (nSPS) is 21.5. The lowest BCUT2D eigenvalue weighted by molar-refractivity contribution is 0.186. The number of thiol groups is 1. The second kappa shape index (κ2) is 8.64. The predicted molar refractivity (Wildman–Crippen MR) is 98.4 cm³/mol. The number of carbonyl (C=O) groups excluding carboxylic acids is 1. The van der Waals surface area contributed by atoms with Crippen LogP contribution in [0.4, 0.5) is 4.79 Å². The molecule has 3 atom stereocenters. The number of hydrogen-bond acceptors (Lipinski definition) is 7. The first-order valence-corrected chi connectivity index (χ1v) is 10.3. The molecule has 0 aromatic heterocycles. The van der Waals surface area contributed by atoms with Crippen LogP contribution in [0.25, 0.3) is 0 Å². The summed E-state index contributed by atoms with van der Waals surface area (Å²) >= 11 is 4.38. The Bertz CT molecular complexity index is 673. The summed E-state index contributed by atoms with van der Waals surface area (Å²) < 4.78 is 29.6. The van der Waals surface area contributed by atoms with Crippen molar-refractivity contribution in [1.29, 1.82) is 0 Å². The van der Waals surface area contributed by atoms with Gasteiger partial charge in [0.05, 0.1) is 17.5 Å². The molecule has 2 rings (SSSR count). The molecule has 132 valence electrons. The number of aryl methyl sites for hydroxylation is 1. The maximum absolute atomic E-state index is 12.2. The standard InChI is InChI=1S/C13H20BN2O5PS2/c1-9-2-4-12(5-3-9)24(19,20)21-8-10-6-11(23)7-16(10)13(17)22-15-14-18/h2-5,10-11,14-15,18,22-23H,6-8H2,1H3/t10-,11-/m0/s1. The monoisotopic (exact) mass is 390 g/mol. The lowest BCUT2D eigenvalue weighted by Crippen LogP contribution is -2.37. The number of amides is 1. The minimum atomic E-state index is -3.86. The van der Waals surface area contributed by atoms with Crippen molar-refractivity contribution in [3.05, 3.63) is 29.8 Å². The van der Waals surface area contributed by atoms with Crippen molar-refractivity contribution in [2.24, 2.45) is 0 Å². The fourth-order valence-electron chi connectivity index (χ4n) is 2.43. The number of likely N-dealkylation sites (tertiary alicyclic amines) is 1. The molecule has 1 heterocycles. The highest BCUT2D eigenvalue weighted by molar-refractivity contribution is 7.86. The smallest absolute Gasteiger partial charge is 0.361 e. The van der Waals surface area contributed by atoms with E-state index in [1.54, 1.807) is 17.0 Å². The van der Waals surface area contributed by atoms with Crippen molar-refractivity contribution in [2.45, 2.75) is 29.5 Å². The van der Waals surface area contributed by atoms with Gasteiger partial charge in [0.15, 0.2) is 0 Å². The van der Waals surface area contributed by atoms with Gasteiger partial charge in [-0.2, -0.15) is 21.0 Å². The van der Waals surface area contributed by atoms with Crippen LogP contribution >= 0.6 is 21.4 Å². The molecule has 0 aliphatic carbocycles. The van der Waals surface area contributed by atoms with Crippen LogP contribution in [-0.4, -0.2) is 56.1 Å². The average molecular weight is 390 g/mol. The highest BCUT2D eigenvalue weighted by Crippen LogP contribution is 2.27. The van der Waals surface area contributed by atoms with Crippen molar-refractivity contribution >= 4 is 44.7 Å². The van der Waals surface area contributed by atoms with Crippen molar-refractivity contribution < 1.29 is 22.4 Å². The molecule has 1 aromatic carbocycles. The fraction of sp³-hybridized carbons (Fsp3) is 0.462. The minimum absolute atomic E-state index is 0.0245. The lowest BCUT2D eigenvalue weighted by atomic mass is 10.2. The Hall–Kier alpha value is -0.635. The van der Waals surface area contributed by atoms with Crippen LogP contribution in [0.2, 0.25) is 0 Å². The van der Waals surface area contributed by atoms with Gasteiger partial charge < -0.3 is 14.9 Å². The number of rotatable bonds is 7. The van der Waals surface area contributed by atoms with Crippen molar-refractivity contribution in [1.82, 2.24) is 9.90 Å². The van der Waals surface area contributed by atoms with E-state index in [2.05, 4.69) is 17.6 Å². The zero-order chi connectivity index (χ0) is 17.7. The minimum Gasteiger partial charge on any atom is -0.440 e. The van der Waals surface area contributed by atoms with E-state index in [-0.39, 0.29) is 44.8 Å². The van der Waals surface area contributed by atoms with Crippen LogP contribution in [0.15, 0.2) is 29.2 Å². The van der Waals surface area contributed by atoms with Gasteiger partial charge in [-0.1, -0.05) is 17.7 Å². The molecule has 24 heavy (non-hydrogen) atoms. The highest BCUT2D eigenvalue weighted by Gasteiger charge is 2.34. The molecule has 1 aromatic rings. The molecule has 2 N–H and O–H groups in total. The molecule has 1 fully saturated rings. The molecule has 7 nitrogen and oxygen atoms in total. The number of nitrogens with one attached hydrogen (secondary N) is 1. The van der Waals surface area contributed by atoms with Gasteiger partial charge in [-0.05, 0) is 25.5 Å². The van der Waals surface area contributed by atoms with E-state index in [9.17, 15) is 13.2 Å². The van der Waals surface area contributed by atoms with Gasteiger partial charge >= 0.3 is 7.62 Å². The Kier molecular flexibility index (Phi) is 7.09. The maximum atomic E-state index is 12.2. The lowest BCUT2D eigenvalue weighted by Gasteiger charge is -2.24. The van der Waals surface area contributed by atoms with Gasteiger partial charge in [0, 0.05) is 20.5 Å². The second-order valence-electron chi connectivity index (χ2n) is 5.51. The maximum Gasteiger partial charge on any atom is 0.361 e. The zero-order valence-corrected chi connectivity index (χ0v) is 15.9. The van der Waals surface area contributed by atoms with E-state index in [0.717, 1.165) is 5.56 Å². The molecule has 0 radical (unpaired) electrons. The quantitative estimate of drug-likeness (QED) is 0.274. The Morgan fingerprint density at radius 3 is 2.79 bits per heavy atom. The van der Waals surface area contributed by atoms with Gasteiger partial charge in [0.2, 0.25) is 0 Å². The summed E-state index contributed by atoms with van der Waals surface area (Å²) in [5.74, 6) is 0. The van der Waals surface area contributed by atoms with E-state index < -0.39 is 10.1 Å². The molecular formula is C13H20BN2O5PS2. The second-order valence-corrected chi connectivity index (χ2v) is 8.89. The summed E-state index contributed by atoms with van der Waals surface area (Å²) in [6.07, 6.45) is 0.557. The third kappa shape index (κ3) is 5.18. The molecule has 1 aliphatic rings. The third-order valence-corrected chi connectivity index (χ3v) is 6.16. The van der Waals surface area contributed by atoms with Crippen LogP contribution in [0.5, 0.6) is 0 Å². The molecular weight excluding hydrogens is 370 g/mol. The summed E-state index contributed by atoms with van der Waals surface area (Å²) in [6, 6.07) is 6.04. The first-order chi connectivity index (χ1) is 11.3. The summed E-state index contributed by atoms with van der Waals surface area (Å²) in [4.78, 5) is 16.3. The first kappa shape index (κ1) is 19.7. The molecule has 0 spiro atoms. The van der Waals surface area contributed by atoms with Crippen molar-refractivity contribution in [3.63, 3.8) is 0 Å². The Labute approximate surface area is 149 Å². The average Bonchev–Trinajstić information content (AvgIpc) is 2.92. The van der Waals surface area contributed by atoms with Crippen LogP contribution in [0, 0.1) is 6.92 Å². The summed E-state index contributed by atoms with van der Waals surface area (Å²) in [5, 5.41) is 8.71. The van der Waals surface area contributed by atoms with Gasteiger partial charge in [0.25, 0.3) is 15.8 Å². The van der Waals surface area contributed by atoms with Gasteiger partial charge in [-0.25, -0.2) is 0 Å². The predicted octanol–water partition coefficient (Wildman–Crippen LogP) is 0.635. The third-order valence-electron chi connectivity index (χ3n) is 3.65. The SMILES string of the molecule is Cc1ccc(S(=O)(=O)OC[C@@H]2C[C@H](S)CN2C(=O)PNBO)cc1. The van der Waals surface area contributed by atoms with E-state index in [4.69, 9.17) is 9.21 Å². The molecule has 1 amide bonds. The number of hydrogen-bond donors (Lipinski definition) is 3. The molecule has 1 saturated heterocycles. The topological polar surface area (TPSA) is 95.9 Å². The first-order valence-electron chi connectivity index (χ1n) is 7.38. The van der Waals surface area contributed by atoms with Crippen LogP contribution < -0.4 is 5.00 Å². The van der Waals surface area contributed by atoms with Gasteiger partial charge in [0.1, 0.15) is 0 Å². The summed E-state index contributed by atoms with van der Waals surface area (Å²) in [7, 11) is -4.42. The van der Waals surface area contributed by atoms with Crippen molar-refractivity contribution in [2.75, 3.05) is 13.2 Å². The summed E-state index contributed by atoms with van der Waals surface area (Å²) in [5.41, 5.74) is 0.763. The van der Waals surface area contributed by atoms with Crippen LogP contribution in [0.3, 0.4) is 0 Å². The molecule has 1 unspecified atom stereocenters. The van der Waals surface area contributed by atoms with Crippen molar-refractivity contribution in [3.8, 4) is 0 Å². The fourth-order valence-corrected chi connectivity index (χ4v) is 4.44. The van der Waals surface area contributed by atoms with E-state index in [1.807, 2.05) is 6.92 Å². The van der Waals surface area contributed by atoms with Crippen LogP contribution in [0.1, 0.15) is 12.0 Å². The Balaban J connectivity index is 2.00. The van der Waals surface area contributed by atoms with Gasteiger partial charge in [-0.3, -0.25) is 8.98 Å². The van der Waals surface area contributed by atoms with Gasteiger partial charge in [-0.15, -0.1) is 0 Å². The van der Waals surface area contributed by atoms with E-state index in [0.29, 0.717) is 13.0 Å². The Morgan fingerprint density at radius 1 is 1.50 bits per heavy atom. The zero-order valence-electron chi connectivity index (χ0n) is 13.2. The Morgan fingerprint density at radius 2 is 2.17 bits per heavy atom. The molecule has 0 bridgehead atoms.